The standard InChI is InChI=1S/C23H24F3N5OS/c24-23(25,26)22(32)30-10-8-17(9-11-30)33-20-12-18(27-13-15-4-2-1-3-5-15)21-28-14-19(16-6-7-16)31(21)29-20/h1-5,12,14,16-17,27H,6-11,13H2. The lowest BCUT2D eigenvalue weighted by Crippen LogP contribution is -2.45. The highest BCUT2D eigenvalue weighted by Gasteiger charge is 2.43. The summed E-state index contributed by atoms with van der Waals surface area (Å²) < 4.78 is 40.1. The number of aromatic nitrogens is 3. The maximum absolute atomic E-state index is 12.7. The molecule has 5 rings (SSSR count). The van der Waals surface area contributed by atoms with Crippen LogP contribution in [0.5, 0.6) is 0 Å². The number of imidazole rings is 1. The number of carbonyl (C=O) groups excluding carboxylic acids is 1. The molecular formula is C23H24F3N5OS. The Balaban J connectivity index is 1.33. The molecule has 1 aromatic carbocycles. The smallest absolute Gasteiger partial charge is 0.378 e. The molecule has 1 amide bonds. The van der Waals surface area contributed by atoms with Gasteiger partial charge in [-0.15, -0.1) is 11.8 Å². The van der Waals surface area contributed by atoms with Crippen molar-refractivity contribution in [2.45, 2.75) is 54.6 Å². The summed E-state index contributed by atoms with van der Waals surface area (Å²) in [7, 11) is 0. The van der Waals surface area contributed by atoms with Crippen molar-refractivity contribution >= 4 is 29.0 Å². The Morgan fingerprint density at radius 2 is 1.85 bits per heavy atom. The number of thioether (sulfide) groups is 1. The molecule has 1 aliphatic heterocycles. The van der Waals surface area contributed by atoms with Crippen LogP contribution in [0.25, 0.3) is 5.65 Å². The molecule has 0 radical (unpaired) electrons. The molecule has 2 fully saturated rings. The Bertz CT molecular complexity index is 1140. The summed E-state index contributed by atoms with van der Waals surface area (Å²) in [5.41, 5.74) is 3.91. The number of amides is 1. The maximum Gasteiger partial charge on any atom is 0.471 e. The number of alkyl halides is 3. The maximum atomic E-state index is 12.7. The Morgan fingerprint density at radius 1 is 1.12 bits per heavy atom. The van der Waals surface area contributed by atoms with Crippen molar-refractivity contribution in [3.05, 3.63) is 53.9 Å². The number of nitrogens with zero attached hydrogens (tertiary/aromatic N) is 4. The third-order valence-electron chi connectivity index (χ3n) is 6.05. The molecule has 1 saturated carbocycles. The van der Waals surface area contributed by atoms with Crippen molar-refractivity contribution < 1.29 is 18.0 Å². The van der Waals surface area contributed by atoms with Crippen LogP contribution >= 0.6 is 11.8 Å². The van der Waals surface area contributed by atoms with E-state index in [2.05, 4.69) is 22.4 Å². The number of rotatable bonds is 6. The molecule has 1 N–H and O–H groups in total. The summed E-state index contributed by atoms with van der Waals surface area (Å²) in [6.45, 7) is 0.861. The van der Waals surface area contributed by atoms with E-state index in [9.17, 15) is 18.0 Å². The first-order chi connectivity index (χ1) is 15.9. The SMILES string of the molecule is O=C(N1CCC(Sc2cc(NCc3ccccc3)c3ncc(C4CC4)n3n2)CC1)C(F)(F)F. The number of nitrogens with one attached hydrogen (secondary N) is 1. The van der Waals surface area contributed by atoms with E-state index >= 15 is 0 Å². The van der Waals surface area contributed by atoms with Gasteiger partial charge in [0.25, 0.3) is 0 Å². The first-order valence-corrected chi connectivity index (χ1v) is 12.0. The number of piperidine rings is 1. The molecule has 2 aromatic heterocycles. The zero-order chi connectivity index (χ0) is 23.0. The molecule has 3 aromatic rings. The van der Waals surface area contributed by atoms with Crippen molar-refractivity contribution in [2.24, 2.45) is 0 Å². The molecule has 2 aliphatic rings. The van der Waals surface area contributed by atoms with Crippen LogP contribution in [0.4, 0.5) is 18.9 Å². The van der Waals surface area contributed by atoms with Crippen molar-refractivity contribution in [3.63, 3.8) is 0 Å². The molecule has 10 heteroatoms. The van der Waals surface area contributed by atoms with Crippen LogP contribution in [0.2, 0.25) is 0 Å². The van der Waals surface area contributed by atoms with Gasteiger partial charge in [0.1, 0.15) is 5.03 Å². The summed E-state index contributed by atoms with van der Waals surface area (Å²) in [6.07, 6.45) is 0.337. The average molecular weight is 476 g/mol. The van der Waals surface area contributed by atoms with Gasteiger partial charge in [-0.1, -0.05) is 30.3 Å². The highest BCUT2D eigenvalue weighted by Crippen LogP contribution is 2.41. The second kappa shape index (κ2) is 8.89. The zero-order valence-electron chi connectivity index (χ0n) is 17.9. The van der Waals surface area contributed by atoms with Crippen molar-refractivity contribution in [2.75, 3.05) is 18.4 Å². The van der Waals surface area contributed by atoms with Crippen LogP contribution in [-0.2, 0) is 11.3 Å². The monoisotopic (exact) mass is 475 g/mol. The van der Waals surface area contributed by atoms with Crippen LogP contribution in [0.15, 0.2) is 47.6 Å². The Morgan fingerprint density at radius 3 is 2.52 bits per heavy atom. The lowest BCUT2D eigenvalue weighted by atomic mass is 10.1. The Labute approximate surface area is 193 Å². The second-order valence-corrected chi connectivity index (χ2v) is 9.86. The predicted molar refractivity (Wildman–Crippen MR) is 120 cm³/mol. The van der Waals surface area contributed by atoms with E-state index in [1.807, 2.05) is 35.0 Å². The molecule has 3 heterocycles. The van der Waals surface area contributed by atoms with Crippen LogP contribution in [0.1, 0.15) is 42.9 Å². The van der Waals surface area contributed by atoms with Gasteiger partial charge in [-0.05, 0) is 37.3 Å². The number of carbonyl (C=O) groups is 1. The number of benzene rings is 1. The van der Waals surface area contributed by atoms with Gasteiger partial charge >= 0.3 is 12.1 Å². The van der Waals surface area contributed by atoms with E-state index in [-0.39, 0.29) is 18.3 Å². The van der Waals surface area contributed by atoms with Gasteiger partial charge in [0, 0.05) is 30.8 Å². The summed E-state index contributed by atoms with van der Waals surface area (Å²) in [6, 6.07) is 12.1. The van der Waals surface area contributed by atoms with E-state index in [0.717, 1.165) is 45.4 Å². The van der Waals surface area contributed by atoms with Crippen LogP contribution < -0.4 is 5.32 Å². The minimum absolute atomic E-state index is 0.0992. The molecule has 174 valence electrons. The van der Waals surface area contributed by atoms with Gasteiger partial charge in [-0.3, -0.25) is 4.79 Å². The van der Waals surface area contributed by atoms with Crippen molar-refractivity contribution in [3.8, 4) is 0 Å². The molecule has 1 saturated heterocycles. The van der Waals surface area contributed by atoms with Gasteiger partial charge in [0.15, 0.2) is 5.65 Å². The van der Waals surface area contributed by atoms with Gasteiger partial charge in [-0.2, -0.15) is 18.3 Å². The normalized spacial score (nSPS) is 17.5. The van der Waals surface area contributed by atoms with E-state index in [0.29, 0.717) is 25.3 Å². The fourth-order valence-electron chi connectivity index (χ4n) is 4.13. The van der Waals surface area contributed by atoms with Gasteiger partial charge in [0.2, 0.25) is 0 Å². The molecule has 0 atom stereocenters. The summed E-state index contributed by atoms with van der Waals surface area (Å²) in [5, 5.41) is 9.20. The molecular weight excluding hydrogens is 451 g/mol. The number of fused-ring (bicyclic) bond motifs is 1. The highest BCUT2D eigenvalue weighted by atomic mass is 32.2. The lowest BCUT2D eigenvalue weighted by molar-refractivity contribution is -0.186. The molecule has 33 heavy (non-hydrogen) atoms. The fourth-order valence-corrected chi connectivity index (χ4v) is 5.23. The van der Waals surface area contributed by atoms with E-state index in [1.54, 1.807) is 11.8 Å². The van der Waals surface area contributed by atoms with Crippen molar-refractivity contribution in [1.82, 2.24) is 19.5 Å². The van der Waals surface area contributed by atoms with Crippen LogP contribution in [0, 0.1) is 0 Å². The summed E-state index contributed by atoms with van der Waals surface area (Å²) in [4.78, 5) is 17.0. The minimum Gasteiger partial charge on any atom is -0.378 e. The largest absolute Gasteiger partial charge is 0.471 e. The summed E-state index contributed by atoms with van der Waals surface area (Å²) >= 11 is 1.56. The fraction of sp³-hybridized carbons (Fsp3) is 0.435. The summed E-state index contributed by atoms with van der Waals surface area (Å²) in [5.74, 6) is -1.27. The minimum atomic E-state index is -4.81. The first kappa shape index (κ1) is 22.1. The number of anilines is 1. The molecule has 1 aliphatic carbocycles. The van der Waals surface area contributed by atoms with Crippen molar-refractivity contribution in [1.29, 1.82) is 0 Å². The second-order valence-electron chi connectivity index (χ2n) is 8.54. The number of hydrogen-bond acceptors (Lipinski definition) is 5. The number of halogens is 3. The number of likely N-dealkylation sites (tertiary alicyclic amines) is 1. The lowest BCUT2D eigenvalue weighted by Gasteiger charge is -2.31. The van der Waals surface area contributed by atoms with Gasteiger partial charge in [-0.25, -0.2) is 9.50 Å². The molecule has 0 bridgehead atoms. The van der Waals surface area contributed by atoms with Gasteiger partial charge in [0.05, 0.1) is 17.6 Å². The Hall–Kier alpha value is -2.75. The zero-order valence-corrected chi connectivity index (χ0v) is 18.7. The molecule has 0 unspecified atom stereocenters. The van der Waals surface area contributed by atoms with E-state index in [4.69, 9.17) is 5.10 Å². The average Bonchev–Trinajstić information content (AvgIpc) is 3.56. The molecule has 0 spiro atoms. The molecule has 6 nitrogen and oxygen atoms in total. The predicted octanol–water partition coefficient (Wildman–Crippen LogP) is 4.86. The van der Waals surface area contributed by atoms with Crippen LogP contribution in [0.3, 0.4) is 0 Å². The van der Waals surface area contributed by atoms with Crippen LogP contribution in [-0.4, -0.2) is 49.9 Å². The third-order valence-corrected chi connectivity index (χ3v) is 7.30. The van der Waals surface area contributed by atoms with E-state index in [1.165, 1.54) is 0 Å². The third kappa shape index (κ3) is 4.95. The topological polar surface area (TPSA) is 62.5 Å². The first-order valence-electron chi connectivity index (χ1n) is 11.1. The Kier molecular flexibility index (Phi) is 5.94. The highest BCUT2D eigenvalue weighted by molar-refractivity contribution is 7.99. The van der Waals surface area contributed by atoms with E-state index < -0.39 is 12.1 Å². The number of hydrogen-bond donors (Lipinski definition) is 1. The quantitative estimate of drug-likeness (QED) is 0.552. The van der Waals surface area contributed by atoms with Gasteiger partial charge < -0.3 is 10.2 Å².